The number of carbonyl (C=O) groups is 1. The Morgan fingerprint density at radius 2 is 2.00 bits per heavy atom. The molecule has 2 aromatic rings. The lowest BCUT2D eigenvalue weighted by molar-refractivity contribution is -0.670. The SMILES string of the molecule is C/C(=C/C(=O)c1ccccc1)n1cc[n+](C)c1. The molecule has 1 heterocycles. The first-order valence-corrected chi connectivity index (χ1v) is 5.48. The molecule has 0 atom stereocenters. The predicted octanol–water partition coefficient (Wildman–Crippen LogP) is 2.06. The van der Waals surface area contributed by atoms with Crippen LogP contribution in [0.25, 0.3) is 5.70 Å². The Kier molecular flexibility index (Phi) is 3.19. The van der Waals surface area contributed by atoms with E-state index in [-0.39, 0.29) is 5.78 Å². The summed E-state index contributed by atoms with van der Waals surface area (Å²) in [7, 11) is 1.95. The molecule has 3 nitrogen and oxygen atoms in total. The van der Waals surface area contributed by atoms with Crippen molar-refractivity contribution in [2.75, 3.05) is 0 Å². The molecule has 0 aliphatic heterocycles. The Hall–Kier alpha value is -2.16. The zero-order valence-corrected chi connectivity index (χ0v) is 10.00. The number of carbonyl (C=O) groups excluding carboxylic acids is 1. The number of ketones is 1. The minimum atomic E-state index is 0.0273. The van der Waals surface area contributed by atoms with Crippen LogP contribution in [0.3, 0.4) is 0 Å². The molecular weight excluding hydrogens is 212 g/mol. The number of allylic oxidation sites excluding steroid dienone is 2. The average molecular weight is 227 g/mol. The van der Waals surface area contributed by atoms with Gasteiger partial charge in [0.25, 0.3) is 0 Å². The van der Waals surface area contributed by atoms with Crippen molar-refractivity contribution in [1.82, 2.24) is 4.57 Å². The van der Waals surface area contributed by atoms with E-state index in [1.165, 1.54) is 0 Å². The van der Waals surface area contributed by atoms with E-state index in [4.69, 9.17) is 0 Å². The largest absolute Gasteiger partial charge is 0.289 e. The van der Waals surface area contributed by atoms with Gasteiger partial charge in [0.2, 0.25) is 6.33 Å². The van der Waals surface area contributed by atoms with E-state index in [0.717, 1.165) is 5.70 Å². The molecule has 2 rings (SSSR count). The fourth-order valence-electron chi connectivity index (χ4n) is 1.61. The van der Waals surface area contributed by atoms with E-state index >= 15 is 0 Å². The van der Waals surface area contributed by atoms with Crippen LogP contribution >= 0.6 is 0 Å². The van der Waals surface area contributed by atoms with Gasteiger partial charge in [0.15, 0.2) is 5.78 Å². The van der Waals surface area contributed by atoms with Crippen LogP contribution in [0.2, 0.25) is 0 Å². The quantitative estimate of drug-likeness (QED) is 0.448. The van der Waals surface area contributed by atoms with Crippen molar-refractivity contribution in [2.45, 2.75) is 6.92 Å². The lowest BCUT2D eigenvalue weighted by Crippen LogP contribution is -2.23. The minimum absolute atomic E-state index is 0.0273. The highest BCUT2D eigenvalue weighted by Gasteiger charge is 2.06. The molecule has 0 radical (unpaired) electrons. The molecular formula is C14H15N2O+. The van der Waals surface area contributed by atoms with Crippen molar-refractivity contribution in [3.05, 3.63) is 60.7 Å². The highest BCUT2D eigenvalue weighted by atomic mass is 16.1. The third kappa shape index (κ3) is 2.69. The molecule has 0 amide bonds. The van der Waals surface area contributed by atoms with Crippen molar-refractivity contribution in [3.63, 3.8) is 0 Å². The lowest BCUT2D eigenvalue weighted by Gasteiger charge is -1.96. The molecule has 0 saturated heterocycles. The number of aryl methyl sites for hydroxylation is 1. The summed E-state index contributed by atoms with van der Waals surface area (Å²) in [6.07, 6.45) is 7.42. The normalized spacial score (nSPS) is 11.5. The summed E-state index contributed by atoms with van der Waals surface area (Å²) in [6.45, 7) is 1.92. The minimum Gasteiger partial charge on any atom is -0.289 e. The predicted molar refractivity (Wildman–Crippen MR) is 66.3 cm³/mol. The van der Waals surface area contributed by atoms with Gasteiger partial charge < -0.3 is 0 Å². The Morgan fingerprint density at radius 1 is 1.29 bits per heavy atom. The van der Waals surface area contributed by atoms with Crippen molar-refractivity contribution < 1.29 is 9.36 Å². The molecule has 1 aromatic carbocycles. The zero-order chi connectivity index (χ0) is 12.3. The van der Waals surface area contributed by atoms with Crippen molar-refractivity contribution >= 4 is 11.5 Å². The second-order valence-electron chi connectivity index (χ2n) is 4.00. The number of imidazole rings is 1. The van der Waals surface area contributed by atoms with Crippen molar-refractivity contribution in [2.24, 2.45) is 7.05 Å². The monoisotopic (exact) mass is 227 g/mol. The van der Waals surface area contributed by atoms with E-state index in [9.17, 15) is 4.79 Å². The maximum absolute atomic E-state index is 11.9. The maximum Gasteiger partial charge on any atom is 0.248 e. The van der Waals surface area contributed by atoms with Gasteiger partial charge in [-0.25, -0.2) is 9.13 Å². The fourth-order valence-corrected chi connectivity index (χ4v) is 1.61. The van der Waals surface area contributed by atoms with Crippen LogP contribution in [0.1, 0.15) is 17.3 Å². The Morgan fingerprint density at radius 3 is 2.59 bits per heavy atom. The highest BCUT2D eigenvalue weighted by Crippen LogP contribution is 2.06. The summed E-state index contributed by atoms with van der Waals surface area (Å²) in [6, 6.07) is 9.28. The first-order chi connectivity index (χ1) is 8.16. The average Bonchev–Trinajstić information content (AvgIpc) is 2.77. The van der Waals surface area contributed by atoms with Crippen molar-refractivity contribution in [1.29, 1.82) is 0 Å². The van der Waals surface area contributed by atoms with Gasteiger partial charge in [0, 0.05) is 11.6 Å². The highest BCUT2D eigenvalue weighted by molar-refractivity contribution is 6.07. The van der Waals surface area contributed by atoms with Crippen LogP contribution in [-0.4, -0.2) is 10.4 Å². The third-order valence-electron chi connectivity index (χ3n) is 2.57. The number of rotatable bonds is 3. The van der Waals surface area contributed by atoms with E-state index in [1.807, 2.05) is 72.2 Å². The molecule has 0 saturated carbocycles. The molecule has 0 N–H and O–H groups in total. The number of benzene rings is 1. The Bertz CT molecular complexity index is 553. The maximum atomic E-state index is 11.9. The molecule has 1 aromatic heterocycles. The van der Waals surface area contributed by atoms with Gasteiger partial charge >= 0.3 is 0 Å². The molecule has 0 aliphatic carbocycles. The molecule has 0 fully saturated rings. The first-order valence-electron chi connectivity index (χ1n) is 5.48. The van der Waals surface area contributed by atoms with Crippen LogP contribution in [0.15, 0.2) is 55.1 Å². The summed E-state index contributed by atoms with van der Waals surface area (Å²) in [5, 5.41) is 0. The summed E-state index contributed by atoms with van der Waals surface area (Å²) >= 11 is 0. The van der Waals surface area contributed by atoms with Crippen LogP contribution in [0, 0.1) is 0 Å². The number of aromatic nitrogens is 2. The smallest absolute Gasteiger partial charge is 0.248 e. The number of hydrogen-bond acceptors (Lipinski definition) is 1. The summed E-state index contributed by atoms with van der Waals surface area (Å²) in [4.78, 5) is 11.9. The fraction of sp³-hybridized carbons (Fsp3) is 0.143. The van der Waals surface area contributed by atoms with Crippen LogP contribution in [0.4, 0.5) is 0 Å². The Labute approximate surface area is 101 Å². The van der Waals surface area contributed by atoms with E-state index in [2.05, 4.69) is 0 Å². The summed E-state index contributed by atoms with van der Waals surface area (Å²) < 4.78 is 3.85. The molecule has 0 bridgehead atoms. The van der Waals surface area contributed by atoms with Gasteiger partial charge in [0.1, 0.15) is 18.1 Å². The third-order valence-corrected chi connectivity index (χ3v) is 2.57. The summed E-state index contributed by atoms with van der Waals surface area (Å²) in [5.41, 5.74) is 1.61. The molecule has 86 valence electrons. The Balaban J connectivity index is 2.23. The first kappa shape index (κ1) is 11.3. The van der Waals surface area contributed by atoms with Gasteiger partial charge in [0.05, 0.1) is 7.05 Å². The van der Waals surface area contributed by atoms with Crippen LogP contribution in [-0.2, 0) is 7.05 Å². The second kappa shape index (κ2) is 4.78. The standard InChI is InChI=1S/C14H15N2O/c1-12(16-9-8-15(2)11-16)10-14(17)13-6-4-3-5-7-13/h3-11H,1-2H3/q+1/b12-10-. The molecule has 3 heteroatoms. The van der Waals surface area contributed by atoms with Crippen molar-refractivity contribution in [3.8, 4) is 0 Å². The van der Waals surface area contributed by atoms with E-state index in [0.29, 0.717) is 5.56 Å². The number of nitrogens with zero attached hydrogens (tertiary/aromatic N) is 2. The second-order valence-corrected chi connectivity index (χ2v) is 4.00. The van der Waals surface area contributed by atoms with Gasteiger partial charge in [-0.1, -0.05) is 30.3 Å². The van der Waals surface area contributed by atoms with Gasteiger partial charge in [-0.05, 0) is 6.92 Å². The number of hydrogen-bond donors (Lipinski definition) is 0. The van der Waals surface area contributed by atoms with Gasteiger partial charge in [-0.15, -0.1) is 0 Å². The van der Waals surface area contributed by atoms with Gasteiger partial charge in [-0.3, -0.25) is 4.79 Å². The zero-order valence-electron chi connectivity index (χ0n) is 10.00. The van der Waals surface area contributed by atoms with Gasteiger partial charge in [-0.2, -0.15) is 0 Å². The topological polar surface area (TPSA) is 25.9 Å². The van der Waals surface area contributed by atoms with E-state index in [1.54, 1.807) is 6.08 Å². The molecule has 0 aliphatic rings. The van der Waals surface area contributed by atoms with Crippen LogP contribution < -0.4 is 4.57 Å². The van der Waals surface area contributed by atoms with E-state index < -0.39 is 0 Å². The van der Waals surface area contributed by atoms with Crippen LogP contribution in [0.5, 0.6) is 0 Å². The molecule has 17 heavy (non-hydrogen) atoms. The lowest BCUT2D eigenvalue weighted by atomic mass is 10.1. The molecule has 0 unspecified atom stereocenters. The molecule has 0 spiro atoms. The summed E-state index contributed by atoms with van der Waals surface area (Å²) in [5.74, 6) is 0.0273.